The quantitative estimate of drug-likeness (QED) is 0.887. The molecule has 1 aromatic carbocycles. The average Bonchev–Trinajstić information content (AvgIpc) is 2.88. The number of aliphatic carboxylic acids is 1. The van der Waals surface area contributed by atoms with Crippen LogP contribution in [0.25, 0.3) is 5.69 Å². The van der Waals surface area contributed by atoms with E-state index in [1.165, 1.54) is 6.20 Å². The number of nitrogens with one attached hydrogen (secondary N) is 1. The summed E-state index contributed by atoms with van der Waals surface area (Å²) < 4.78 is 1.70. The maximum absolute atomic E-state index is 12.4. The molecule has 2 aromatic rings. The van der Waals surface area contributed by atoms with Crippen molar-refractivity contribution < 1.29 is 14.7 Å². The van der Waals surface area contributed by atoms with Crippen molar-refractivity contribution in [3.8, 4) is 5.69 Å². The first kappa shape index (κ1) is 16.7. The van der Waals surface area contributed by atoms with E-state index < -0.39 is 17.9 Å². The van der Waals surface area contributed by atoms with E-state index in [-0.39, 0.29) is 5.91 Å². The predicted molar refractivity (Wildman–Crippen MR) is 86.8 cm³/mol. The van der Waals surface area contributed by atoms with E-state index in [4.69, 9.17) is 5.11 Å². The van der Waals surface area contributed by atoms with E-state index in [0.717, 1.165) is 11.3 Å². The van der Waals surface area contributed by atoms with Crippen LogP contribution in [0, 0.1) is 19.8 Å². The highest BCUT2D eigenvalue weighted by Crippen LogP contribution is 2.16. The lowest BCUT2D eigenvalue weighted by atomic mass is 10.0. The molecule has 6 nitrogen and oxygen atoms in total. The Morgan fingerprint density at radius 1 is 1.26 bits per heavy atom. The first-order chi connectivity index (χ1) is 10.8. The molecule has 1 aromatic heterocycles. The van der Waals surface area contributed by atoms with Gasteiger partial charge in [0.05, 0.1) is 29.1 Å². The number of aryl methyl sites for hydroxylation is 1. The summed E-state index contributed by atoms with van der Waals surface area (Å²) in [5, 5.41) is 16.0. The Labute approximate surface area is 135 Å². The summed E-state index contributed by atoms with van der Waals surface area (Å²) in [5.41, 5.74) is 3.14. The van der Waals surface area contributed by atoms with E-state index in [0.29, 0.717) is 11.3 Å². The van der Waals surface area contributed by atoms with E-state index in [2.05, 4.69) is 10.4 Å². The minimum atomic E-state index is -0.940. The lowest BCUT2D eigenvalue weighted by molar-refractivity contribution is -0.141. The van der Waals surface area contributed by atoms with Crippen LogP contribution in [0.4, 0.5) is 0 Å². The number of hydrogen-bond acceptors (Lipinski definition) is 3. The molecule has 0 radical (unpaired) electrons. The molecule has 0 saturated heterocycles. The van der Waals surface area contributed by atoms with Gasteiger partial charge in [0.15, 0.2) is 0 Å². The van der Waals surface area contributed by atoms with Gasteiger partial charge in [0.1, 0.15) is 0 Å². The second-order valence-electron chi connectivity index (χ2n) is 5.78. The number of carboxylic acid groups (broad SMARTS) is 1. The first-order valence-electron chi connectivity index (χ1n) is 7.46. The van der Waals surface area contributed by atoms with Gasteiger partial charge in [0.25, 0.3) is 5.91 Å². The number of aromatic nitrogens is 2. The zero-order chi connectivity index (χ0) is 17.1. The van der Waals surface area contributed by atoms with Crippen LogP contribution in [0.3, 0.4) is 0 Å². The number of hydrogen-bond donors (Lipinski definition) is 2. The highest BCUT2D eigenvalue weighted by molar-refractivity contribution is 5.95. The van der Waals surface area contributed by atoms with Gasteiger partial charge in [-0.05, 0) is 45.4 Å². The third-order valence-electron chi connectivity index (χ3n) is 4.00. The number of benzene rings is 1. The molecule has 2 rings (SSSR count). The van der Waals surface area contributed by atoms with Crippen molar-refractivity contribution >= 4 is 11.9 Å². The Morgan fingerprint density at radius 3 is 2.57 bits per heavy atom. The summed E-state index contributed by atoms with van der Waals surface area (Å²) in [6.45, 7) is 7.05. The van der Waals surface area contributed by atoms with Gasteiger partial charge in [0.2, 0.25) is 0 Å². The fraction of sp³-hybridized carbons (Fsp3) is 0.353. The summed E-state index contributed by atoms with van der Waals surface area (Å²) in [4.78, 5) is 23.3. The van der Waals surface area contributed by atoms with Gasteiger partial charge >= 0.3 is 5.97 Å². The van der Waals surface area contributed by atoms with E-state index >= 15 is 0 Å². The highest BCUT2D eigenvalue weighted by Gasteiger charge is 2.23. The van der Waals surface area contributed by atoms with Crippen molar-refractivity contribution in [1.82, 2.24) is 15.1 Å². The first-order valence-corrected chi connectivity index (χ1v) is 7.46. The molecule has 0 aliphatic rings. The Morgan fingerprint density at radius 2 is 1.96 bits per heavy atom. The Hall–Kier alpha value is -2.63. The number of rotatable bonds is 5. The summed E-state index contributed by atoms with van der Waals surface area (Å²) in [5.74, 6) is -1.92. The van der Waals surface area contributed by atoms with E-state index in [1.807, 2.05) is 38.1 Å². The van der Waals surface area contributed by atoms with Crippen molar-refractivity contribution in [2.24, 2.45) is 5.92 Å². The standard InChI is InChI=1S/C17H21N3O3/c1-10-6-5-7-14(8-10)20-13(4)15(9-18-20)16(21)19-12(3)11(2)17(22)23/h5-9,11-12H,1-4H3,(H,19,21)(H,22,23). The minimum absolute atomic E-state index is 0.318. The molecule has 1 heterocycles. The van der Waals surface area contributed by atoms with Gasteiger partial charge in [0, 0.05) is 6.04 Å². The van der Waals surface area contributed by atoms with Gasteiger partial charge in [-0.2, -0.15) is 5.10 Å². The van der Waals surface area contributed by atoms with Crippen LogP contribution in [0.1, 0.15) is 35.5 Å². The summed E-state index contributed by atoms with van der Waals surface area (Å²) in [6, 6.07) is 7.36. The maximum atomic E-state index is 12.4. The maximum Gasteiger partial charge on any atom is 0.308 e. The molecule has 0 aliphatic carbocycles. The molecule has 6 heteroatoms. The largest absolute Gasteiger partial charge is 0.481 e. The molecule has 122 valence electrons. The van der Waals surface area contributed by atoms with E-state index in [9.17, 15) is 9.59 Å². The molecule has 2 unspecified atom stereocenters. The molecule has 0 bridgehead atoms. The van der Waals surface area contributed by atoms with Crippen LogP contribution >= 0.6 is 0 Å². The second kappa shape index (κ2) is 6.64. The Bertz CT molecular complexity index is 736. The highest BCUT2D eigenvalue weighted by atomic mass is 16.4. The fourth-order valence-corrected chi connectivity index (χ4v) is 2.28. The molecular weight excluding hydrogens is 294 g/mol. The van der Waals surface area contributed by atoms with Gasteiger partial charge in [-0.3, -0.25) is 9.59 Å². The molecule has 0 fully saturated rings. The normalized spacial score (nSPS) is 13.4. The molecule has 1 amide bonds. The molecule has 2 N–H and O–H groups in total. The van der Waals surface area contributed by atoms with Gasteiger partial charge < -0.3 is 10.4 Å². The van der Waals surface area contributed by atoms with E-state index in [1.54, 1.807) is 18.5 Å². The smallest absolute Gasteiger partial charge is 0.308 e. The Balaban J connectivity index is 2.22. The predicted octanol–water partition coefficient (Wildman–Crippen LogP) is 2.33. The summed E-state index contributed by atoms with van der Waals surface area (Å²) in [7, 11) is 0. The fourth-order valence-electron chi connectivity index (χ4n) is 2.28. The number of carbonyl (C=O) groups excluding carboxylic acids is 1. The molecular formula is C17H21N3O3. The number of carbonyl (C=O) groups is 2. The zero-order valence-corrected chi connectivity index (χ0v) is 13.7. The lowest BCUT2D eigenvalue weighted by Crippen LogP contribution is -2.40. The monoisotopic (exact) mass is 315 g/mol. The van der Waals surface area contributed by atoms with Crippen LogP contribution in [0.2, 0.25) is 0 Å². The van der Waals surface area contributed by atoms with Crippen molar-refractivity contribution in [3.05, 3.63) is 47.3 Å². The van der Waals surface area contributed by atoms with Crippen LogP contribution in [-0.4, -0.2) is 32.8 Å². The molecule has 0 saturated carbocycles. The van der Waals surface area contributed by atoms with Crippen LogP contribution in [-0.2, 0) is 4.79 Å². The zero-order valence-electron chi connectivity index (χ0n) is 13.7. The van der Waals surface area contributed by atoms with Gasteiger partial charge in [-0.15, -0.1) is 0 Å². The summed E-state index contributed by atoms with van der Waals surface area (Å²) >= 11 is 0. The third-order valence-corrected chi connectivity index (χ3v) is 4.00. The number of carboxylic acids is 1. The molecule has 23 heavy (non-hydrogen) atoms. The molecule has 0 aliphatic heterocycles. The molecule has 2 atom stereocenters. The van der Waals surface area contributed by atoms with Crippen LogP contribution < -0.4 is 5.32 Å². The lowest BCUT2D eigenvalue weighted by Gasteiger charge is -2.17. The van der Waals surface area contributed by atoms with Gasteiger partial charge in [-0.25, -0.2) is 4.68 Å². The van der Waals surface area contributed by atoms with Gasteiger partial charge in [-0.1, -0.05) is 12.1 Å². The van der Waals surface area contributed by atoms with Crippen molar-refractivity contribution in [2.75, 3.05) is 0 Å². The average molecular weight is 315 g/mol. The number of amides is 1. The topological polar surface area (TPSA) is 84.2 Å². The minimum Gasteiger partial charge on any atom is -0.481 e. The Kier molecular flexibility index (Phi) is 4.83. The molecule has 0 spiro atoms. The SMILES string of the molecule is Cc1cccc(-n2ncc(C(=O)NC(C)C(C)C(=O)O)c2C)c1. The van der Waals surface area contributed by atoms with Crippen LogP contribution in [0.15, 0.2) is 30.5 Å². The second-order valence-corrected chi connectivity index (χ2v) is 5.78. The van der Waals surface area contributed by atoms with Crippen LogP contribution in [0.5, 0.6) is 0 Å². The summed E-state index contributed by atoms with van der Waals surface area (Å²) in [6.07, 6.45) is 1.51. The number of nitrogens with zero attached hydrogens (tertiary/aromatic N) is 2. The van der Waals surface area contributed by atoms with Crippen molar-refractivity contribution in [2.45, 2.75) is 33.7 Å². The van der Waals surface area contributed by atoms with Crippen molar-refractivity contribution in [3.63, 3.8) is 0 Å². The van der Waals surface area contributed by atoms with Crippen molar-refractivity contribution in [1.29, 1.82) is 0 Å². The third kappa shape index (κ3) is 3.59.